The number of aryl methyl sites for hydroxylation is 1. The predicted molar refractivity (Wildman–Crippen MR) is 72.8 cm³/mol. The van der Waals surface area contributed by atoms with Crippen LogP contribution in [0.4, 0.5) is 0 Å². The molecule has 2 rings (SSSR count). The van der Waals surface area contributed by atoms with Gasteiger partial charge in [0.2, 0.25) is 0 Å². The highest BCUT2D eigenvalue weighted by atomic mass is 79.9. The first-order valence-corrected chi connectivity index (χ1v) is 7.24. The van der Waals surface area contributed by atoms with E-state index in [4.69, 9.17) is 0 Å². The lowest BCUT2D eigenvalue weighted by molar-refractivity contribution is 0.130. The van der Waals surface area contributed by atoms with E-state index in [1.807, 2.05) is 0 Å². The van der Waals surface area contributed by atoms with Crippen LogP contribution in [0.2, 0.25) is 0 Å². The van der Waals surface area contributed by atoms with Gasteiger partial charge in [0, 0.05) is 10.8 Å². The third kappa shape index (κ3) is 1.59. The maximum absolute atomic E-state index is 10.5. The first-order valence-electron chi connectivity index (χ1n) is 5.63. The van der Waals surface area contributed by atoms with Gasteiger partial charge in [-0.05, 0) is 45.3 Å². The molecule has 3 heteroatoms. The summed E-state index contributed by atoms with van der Waals surface area (Å²) >= 11 is 5.18. The maximum Gasteiger partial charge on any atom is 0.0839 e. The SMILES string of the molecule is Cc1sc(Br)cc1C(O)C1C(C)(C)C1(C)C. The second kappa shape index (κ2) is 3.56. The van der Waals surface area contributed by atoms with Crippen molar-refractivity contribution in [2.24, 2.45) is 16.7 Å². The van der Waals surface area contributed by atoms with Crippen molar-refractivity contribution in [3.05, 3.63) is 20.3 Å². The molecule has 1 atom stereocenters. The molecule has 16 heavy (non-hydrogen) atoms. The molecule has 90 valence electrons. The van der Waals surface area contributed by atoms with Crippen LogP contribution in [-0.2, 0) is 0 Å². The second-order valence-electron chi connectivity index (χ2n) is 5.93. The van der Waals surface area contributed by atoms with Gasteiger partial charge in [-0.3, -0.25) is 0 Å². The summed E-state index contributed by atoms with van der Waals surface area (Å²) < 4.78 is 1.11. The zero-order chi connectivity index (χ0) is 12.3. The lowest BCUT2D eigenvalue weighted by Gasteiger charge is -2.12. The minimum atomic E-state index is -0.326. The van der Waals surface area contributed by atoms with Crippen LogP contribution in [0.15, 0.2) is 9.85 Å². The molecule has 1 nitrogen and oxygen atoms in total. The van der Waals surface area contributed by atoms with Crippen LogP contribution in [-0.4, -0.2) is 5.11 Å². The summed E-state index contributed by atoms with van der Waals surface area (Å²) in [5, 5.41) is 10.5. The van der Waals surface area contributed by atoms with E-state index >= 15 is 0 Å². The van der Waals surface area contributed by atoms with Crippen LogP contribution in [0, 0.1) is 23.7 Å². The van der Waals surface area contributed by atoms with Gasteiger partial charge < -0.3 is 5.11 Å². The summed E-state index contributed by atoms with van der Waals surface area (Å²) in [6.07, 6.45) is -0.326. The Bertz CT molecular complexity index is 406. The van der Waals surface area contributed by atoms with Crippen molar-refractivity contribution in [2.45, 2.75) is 40.7 Å². The lowest BCUT2D eigenvalue weighted by Crippen LogP contribution is -2.05. The number of aliphatic hydroxyl groups is 1. The van der Waals surface area contributed by atoms with Gasteiger partial charge in [0.1, 0.15) is 0 Å². The van der Waals surface area contributed by atoms with E-state index in [1.54, 1.807) is 11.3 Å². The highest BCUT2D eigenvalue weighted by Crippen LogP contribution is 2.72. The molecule has 0 saturated heterocycles. The molecule has 1 aromatic rings. The van der Waals surface area contributed by atoms with Gasteiger partial charge in [-0.2, -0.15) is 0 Å². The number of rotatable bonds is 2. The Labute approximate surface area is 110 Å². The summed E-state index contributed by atoms with van der Waals surface area (Å²) in [5.74, 6) is 0.361. The predicted octanol–water partition coefficient (Wildman–Crippen LogP) is 4.53. The third-order valence-electron chi connectivity index (χ3n) is 4.69. The molecule has 1 saturated carbocycles. The van der Waals surface area contributed by atoms with Gasteiger partial charge in [0.05, 0.1) is 9.89 Å². The van der Waals surface area contributed by atoms with Gasteiger partial charge in [-0.1, -0.05) is 27.7 Å². The molecule has 1 fully saturated rings. The normalized spacial score (nSPS) is 24.4. The Morgan fingerprint density at radius 3 is 2.12 bits per heavy atom. The molecule has 0 radical (unpaired) electrons. The Morgan fingerprint density at radius 1 is 1.31 bits per heavy atom. The van der Waals surface area contributed by atoms with Gasteiger partial charge in [0.25, 0.3) is 0 Å². The van der Waals surface area contributed by atoms with Crippen LogP contribution in [0.3, 0.4) is 0 Å². The maximum atomic E-state index is 10.5. The van der Waals surface area contributed by atoms with Crippen LogP contribution < -0.4 is 0 Å². The molecule has 1 aliphatic rings. The minimum absolute atomic E-state index is 0.229. The topological polar surface area (TPSA) is 20.2 Å². The van der Waals surface area contributed by atoms with E-state index in [2.05, 4.69) is 56.6 Å². The quantitative estimate of drug-likeness (QED) is 0.850. The Morgan fingerprint density at radius 2 is 1.81 bits per heavy atom. The van der Waals surface area contributed by atoms with E-state index < -0.39 is 0 Å². The molecule has 1 aliphatic carbocycles. The fraction of sp³-hybridized carbons (Fsp3) is 0.692. The fourth-order valence-electron chi connectivity index (χ4n) is 2.97. The van der Waals surface area contributed by atoms with Crippen LogP contribution >= 0.6 is 27.3 Å². The van der Waals surface area contributed by atoms with Crippen molar-refractivity contribution >= 4 is 27.3 Å². The first kappa shape index (κ1) is 12.6. The van der Waals surface area contributed by atoms with Crippen molar-refractivity contribution < 1.29 is 5.11 Å². The van der Waals surface area contributed by atoms with E-state index in [0.717, 1.165) is 9.35 Å². The summed E-state index contributed by atoms with van der Waals surface area (Å²) in [7, 11) is 0. The zero-order valence-electron chi connectivity index (χ0n) is 10.5. The summed E-state index contributed by atoms with van der Waals surface area (Å²) in [6, 6.07) is 2.06. The Hall–Kier alpha value is 0.140. The number of halogens is 1. The molecule has 0 bridgehead atoms. The van der Waals surface area contributed by atoms with Crippen molar-refractivity contribution in [3.63, 3.8) is 0 Å². The molecular weight excluding hydrogens is 284 g/mol. The minimum Gasteiger partial charge on any atom is -0.388 e. The molecule has 0 aromatic carbocycles. The van der Waals surface area contributed by atoms with Crippen molar-refractivity contribution in [3.8, 4) is 0 Å². The van der Waals surface area contributed by atoms with Crippen molar-refractivity contribution in [1.29, 1.82) is 0 Å². The average molecular weight is 303 g/mol. The monoisotopic (exact) mass is 302 g/mol. The summed E-state index contributed by atoms with van der Waals surface area (Å²) in [6.45, 7) is 11.1. The molecule has 1 N–H and O–H groups in total. The van der Waals surface area contributed by atoms with E-state index in [0.29, 0.717) is 5.92 Å². The zero-order valence-corrected chi connectivity index (χ0v) is 12.9. The molecular formula is C13H19BrOS. The highest BCUT2D eigenvalue weighted by Gasteiger charge is 2.67. The molecule has 0 aliphatic heterocycles. The second-order valence-corrected chi connectivity index (χ2v) is 8.56. The number of thiophene rings is 1. The average Bonchev–Trinajstić information content (AvgIpc) is 2.37. The number of aliphatic hydroxyl groups excluding tert-OH is 1. The van der Waals surface area contributed by atoms with E-state index in [1.165, 1.54) is 4.88 Å². The van der Waals surface area contributed by atoms with Crippen molar-refractivity contribution in [1.82, 2.24) is 0 Å². The Balaban J connectivity index is 2.29. The molecule has 0 amide bonds. The summed E-state index contributed by atoms with van der Waals surface area (Å²) in [4.78, 5) is 1.22. The fourth-order valence-corrected chi connectivity index (χ4v) is 4.72. The Kier molecular flexibility index (Phi) is 2.81. The third-order valence-corrected chi connectivity index (χ3v) is 6.26. The van der Waals surface area contributed by atoms with E-state index in [9.17, 15) is 5.11 Å². The van der Waals surface area contributed by atoms with Gasteiger partial charge in [-0.15, -0.1) is 11.3 Å². The number of hydrogen-bond acceptors (Lipinski definition) is 2. The van der Waals surface area contributed by atoms with Crippen LogP contribution in [0.25, 0.3) is 0 Å². The molecule has 0 spiro atoms. The van der Waals surface area contributed by atoms with Crippen LogP contribution in [0.1, 0.15) is 44.2 Å². The smallest absolute Gasteiger partial charge is 0.0839 e. The highest BCUT2D eigenvalue weighted by molar-refractivity contribution is 9.11. The summed E-state index contributed by atoms with van der Waals surface area (Å²) in [5.41, 5.74) is 1.56. The van der Waals surface area contributed by atoms with Crippen molar-refractivity contribution in [2.75, 3.05) is 0 Å². The van der Waals surface area contributed by atoms with Crippen LogP contribution in [0.5, 0.6) is 0 Å². The van der Waals surface area contributed by atoms with Gasteiger partial charge in [-0.25, -0.2) is 0 Å². The van der Waals surface area contributed by atoms with E-state index in [-0.39, 0.29) is 16.9 Å². The van der Waals surface area contributed by atoms with Gasteiger partial charge >= 0.3 is 0 Å². The standard InChI is InChI=1S/C13H19BrOS/c1-7-8(6-9(14)16-7)10(15)11-12(2,3)13(11,4)5/h6,10-11,15H,1-5H3. The first-order chi connectivity index (χ1) is 7.19. The van der Waals surface area contributed by atoms with Gasteiger partial charge in [0.15, 0.2) is 0 Å². The molecule has 1 heterocycles. The molecule has 1 aromatic heterocycles. The number of hydrogen-bond donors (Lipinski definition) is 1. The lowest BCUT2D eigenvalue weighted by atomic mass is 10.0. The molecule has 1 unspecified atom stereocenters. The largest absolute Gasteiger partial charge is 0.388 e.